The Morgan fingerprint density at radius 3 is 2.48 bits per heavy atom. The van der Waals surface area contributed by atoms with Gasteiger partial charge in [-0.2, -0.15) is 0 Å². The largest absolute Gasteiger partial charge is 0.378 e. The zero-order chi connectivity index (χ0) is 17.1. The second-order valence-electron chi connectivity index (χ2n) is 7.27. The van der Waals surface area contributed by atoms with Crippen LogP contribution in [0.1, 0.15) is 36.2 Å². The van der Waals surface area contributed by atoms with Gasteiger partial charge in [0.2, 0.25) is 0 Å². The zero-order valence-corrected chi connectivity index (χ0v) is 14.9. The predicted octanol–water partition coefficient (Wildman–Crippen LogP) is 1.62. The average Bonchev–Trinajstić information content (AvgIpc) is 3.23. The minimum absolute atomic E-state index is 0.0251. The smallest absolute Gasteiger partial charge is 0.272 e. The standard InChI is InChI=1S/C19H28N4O2/c24-19(23-11-13-25-14-12-23)18-15-17(3-6-20-18)22-9-4-16(5-10-22)21-7-1-2-8-21/h3,6,15-16H,1-2,4-5,7-14H2. The van der Waals surface area contributed by atoms with Gasteiger partial charge >= 0.3 is 0 Å². The van der Waals surface area contributed by atoms with E-state index in [4.69, 9.17) is 4.74 Å². The molecule has 3 aliphatic heterocycles. The number of likely N-dealkylation sites (tertiary alicyclic amines) is 1. The molecule has 4 rings (SSSR count). The molecule has 1 amide bonds. The van der Waals surface area contributed by atoms with Crippen molar-refractivity contribution in [1.82, 2.24) is 14.8 Å². The van der Waals surface area contributed by atoms with Crippen LogP contribution in [0.25, 0.3) is 0 Å². The summed E-state index contributed by atoms with van der Waals surface area (Å²) in [5.41, 5.74) is 1.69. The van der Waals surface area contributed by atoms with Gasteiger partial charge < -0.3 is 19.4 Å². The molecule has 4 heterocycles. The van der Waals surface area contributed by atoms with Crippen LogP contribution < -0.4 is 4.90 Å². The molecule has 0 bridgehead atoms. The number of carbonyl (C=O) groups excluding carboxylic acids is 1. The SMILES string of the molecule is O=C(c1cc(N2CCC(N3CCCC3)CC2)ccn1)N1CCOCC1. The van der Waals surface area contributed by atoms with Crippen LogP contribution in [-0.4, -0.2) is 79.2 Å². The molecule has 1 aromatic rings. The fourth-order valence-electron chi connectivity index (χ4n) is 4.26. The van der Waals surface area contributed by atoms with E-state index >= 15 is 0 Å². The summed E-state index contributed by atoms with van der Waals surface area (Å²) in [4.78, 5) is 23.9. The van der Waals surface area contributed by atoms with Gasteiger partial charge in [-0.3, -0.25) is 9.78 Å². The molecule has 136 valence electrons. The third-order valence-corrected chi connectivity index (χ3v) is 5.75. The highest BCUT2D eigenvalue weighted by Gasteiger charge is 2.27. The van der Waals surface area contributed by atoms with Gasteiger partial charge in [0.15, 0.2) is 0 Å². The first-order valence-corrected chi connectivity index (χ1v) is 9.63. The topological polar surface area (TPSA) is 48.9 Å². The lowest BCUT2D eigenvalue weighted by atomic mass is 10.0. The molecule has 0 atom stereocenters. The Kier molecular flexibility index (Phi) is 5.17. The van der Waals surface area contributed by atoms with Crippen molar-refractivity contribution in [3.63, 3.8) is 0 Å². The maximum absolute atomic E-state index is 12.6. The first-order valence-electron chi connectivity index (χ1n) is 9.63. The first kappa shape index (κ1) is 16.8. The van der Waals surface area contributed by atoms with E-state index < -0.39 is 0 Å². The van der Waals surface area contributed by atoms with E-state index in [9.17, 15) is 4.79 Å². The number of amides is 1. The molecule has 3 fully saturated rings. The molecular weight excluding hydrogens is 316 g/mol. The Labute approximate surface area is 149 Å². The third-order valence-electron chi connectivity index (χ3n) is 5.75. The Bertz CT molecular complexity index is 589. The van der Waals surface area contributed by atoms with Crippen LogP contribution in [-0.2, 0) is 4.74 Å². The fraction of sp³-hybridized carbons (Fsp3) is 0.684. The monoisotopic (exact) mass is 344 g/mol. The zero-order valence-electron chi connectivity index (χ0n) is 14.9. The van der Waals surface area contributed by atoms with E-state index in [1.165, 1.54) is 38.8 Å². The summed E-state index contributed by atoms with van der Waals surface area (Å²) in [6, 6.07) is 4.75. The molecule has 6 heteroatoms. The van der Waals surface area contributed by atoms with E-state index in [2.05, 4.69) is 14.8 Å². The summed E-state index contributed by atoms with van der Waals surface area (Å²) >= 11 is 0. The summed E-state index contributed by atoms with van der Waals surface area (Å²) in [7, 11) is 0. The summed E-state index contributed by atoms with van der Waals surface area (Å²) < 4.78 is 5.33. The van der Waals surface area contributed by atoms with Crippen molar-refractivity contribution in [3.05, 3.63) is 24.0 Å². The van der Waals surface area contributed by atoms with Gasteiger partial charge in [-0.15, -0.1) is 0 Å². The lowest BCUT2D eigenvalue weighted by Gasteiger charge is -2.37. The van der Waals surface area contributed by atoms with Crippen LogP contribution >= 0.6 is 0 Å². The average molecular weight is 344 g/mol. The lowest BCUT2D eigenvalue weighted by Crippen LogP contribution is -2.44. The van der Waals surface area contributed by atoms with Crippen LogP contribution in [0.15, 0.2) is 18.3 Å². The van der Waals surface area contributed by atoms with E-state index in [1.807, 2.05) is 17.0 Å². The molecule has 0 unspecified atom stereocenters. The number of hydrogen-bond acceptors (Lipinski definition) is 5. The molecule has 0 spiro atoms. The minimum Gasteiger partial charge on any atom is -0.378 e. The van der Waals surface area contributed by atoms with Crippen molar-refractivity contribution in [2.75, 3.05) is 57.4 Å². The molecule has 3 saturated heterocycles. The number of rotatable bonds is 3. The summed E-state index contributed by atoms with van der Waals surface area (Å²) in [6.07, 6.45) is 6.93. The minimum atomic E-state index is 0.0251. The number of hydrogen-bond donors (Lipinski definition) is 0. The van der Waals surface area contributed by atoms with Gasteiger partial charge in [0.25, 0.3) is 5.91 Å². The Morgan fingerprint density at radius 2 is 1.76 bits per heavy atom. The van der Waals surface area contributed by atoms with E-state index in [-0.39, 0.29) is 5.91 Å². The molecule has 1 aromatic heterocycles. The van der Waals surface area contributed by atoms with Crippen molar-refractivity contribution in [1.29, 1.82) is 0 Å². The van der Waals surface area contributed by atoms with Crippen LogP contribution in [0.5, 0.6) is 0 Å². The molecule has 0 saturated carbocycles. The molecule has 0 radical (unpaired) electrons. The lowest BCUT2D eigenvalue weighted by molar-refractivity contribution is 0.0299. The normalized spacial score (nSPS) is 23.2. The van der Waals surface area contributed by atoms with Gasteiger partial charge in [0, 0.05) is 44.1 Å². The molecule has 0 aromatic carbocycles. The van der Waals surface area contributed by atoms with Crippen molar-refractivity contribution in [2.24, 2.45) is 0 Å². The number of ether oxygens (including phenoxy) is 1. The Balaban J connectivity index is 1.39. The predicted molar refractivity (Wildman–Crippen MR) is 97.0 cm³/mol. The van der Waals surface area contributed by atoms with Crippen molar-refractivity contribution in [3.8, 4) is 0 Å². The summed E-state index contributed by atoms with van der Waals surface area (Å²) in [6.45, 7) is 7.24. The van der Waals surface area contributed by atoms with Crippen LogP contribution in [0.2, 0.25) is 0 Å². The van der Waals surface area contributed by atoms with E-state index in [0.29, 0.717) is 32.0 Å². The summed E-state index contributed by atoms with van der Waals surface area (Å²) in [5, 5.41) is 0. The quantitative estimate of drug-likeness (QED) is 0.834. The van der Waals surface area contributed by atoms with Gasteiger partial charge in [-0.25, -0.2) is 0 Å². The highest BCUT2D eigenvalue weighted by Crippen LogP contribution is 2.25. The number of pyridine rings is 1. The molecule has 6 nitrogen and oxygen atoms in total. The highest BCUT2D eigenvalue weighted by molar-refractivity contribution is 5.93. The second kappa shape index (κ2) is 7.70. The number of carbonyl (C=O) groups is 1. The molecule has 0 aliphatic carbocycles. The Morgan fingerprint density at radius 1 is 1.04 bits per heavy atom. The van der Waals surface area contributed by atoms with Crippen LogP contribution in [0.4, 0.5) is 5.69 Å². The van der Waals surface area contributed by atoms with Gasteiger partial charge in [-0.1, -0.05) is 0 Å². The van der Waals surface area contributed by atoms with Gasteiger partial charge in [0.1, 0.15) is 5.69 Å². The summed E-state index contributed by atoms with van der Waals surface area (Å²) in [5.74, 6) is 0.0251. The maximum atomic E-state index is 12.6. The molecule has 3 aliphatic rings. The van der Waals surface area contributed by atoms with Crippen LogP contribution in [0.3, 0.4) is 0 Å². The first-order chi connectivity index (χ1) is 12.3. The Hall–Kier alpha value is -1.66. The van der Waals surface area contributed by atoms with Gasteiger partial charge in [0.05, 0.1) is 13.2 Å². The number of anilines is 1. The highest BCUT2D eigenvalue weighted by atomic mass is 16.5. The van der Waals surface area contributed by atoms with Crippen LogP contribution in [0, 0.1) is 0 Å². The fourth-order valence-corrected chi connectivity index (χ4v) is 4.26. The van der Waals surface area contributed by atoms with Gasteiger partial charge in [-0.05, 0) is 50.9 Å². The van der Waals surface area contributed by atoms with Crippen molar-refractivity contribution in [2.45, 2.75) is 31.7 Å². The maximum Gasteiger partial charge on any atom is 0.272 e. The number of morpholine rings is 1. The molecular formula is C19H28N4O2. The third kappa shape index (κ3) is 3.80. The number of nitrogens with zero attached hydrogens (tertiary/aromatic N) is 4. The number of piperidine rings is 1. The van der Waals surface area contributed by atoms with E-state index in [0.717, 1.165) is 24.8 Å². The number of aromatic nitrogens is 1. The molecule has 25 heavy (non-hydrogen) atoms. The van der Waals surface area contributed by atoms with Crippen molar-refractivity contribution >= 4 is 11.6 Å². The van der Waals surface area contributed by atoms with Crippen molar-refractivity contribution < 1.29 is 9.53 Å². The van der Waals surface area contributed by atoms with E-state index in [1.54, 1.807) is 6.20 Å². The molecule has 0 N–H and O–H groups in total. The second-order valence-corrected chi connectivity index (χ2v) is 7.27.